The van der Waals surface area contributed by atoms with Gasteiger partial charge in [0.05, 0.1) is 13.7 Å². The number of Topliss-reactive ketones (excluding diaryl/α,β-unsaturated/α-hetero) is 1. The minimum Gasteiger partial charge on any atom is -0.496 e. The van der Waals surface area contributed by atoms with Crippen molar-refractivity contribution in [3.05, 3.63) is 46.8 Å². The summed E-state index contributed by atoms with van der Waals surface area (Å²) >= 11 is 1.55. The Balaban J connectivity index is 2.08. The predicted molar refractivity (Wildman–Crippen MR) is 105 cm³/mol. The Kier molecular flexibility index (Phi) is 7.50. The minimum absolute atomic E-state index is 0.236. The first-order valence-electron chi connectivity index (χ1n) is 8.51. The van der Waals surface area contributed by atoms with E-state index in [0.29, 0.717) is 30.0 Å². The lowest BCUT2D eigenvalue weighted by atomic mass is 10.1. The second kappa shape index (κ2) is 9.62. The van der Waals surface area contributed by atoms with Gasteiger partial charge in [0, 0.05) is 35.5 Å². The summed E-state index contributed by atoms with van der Waals surface area (Å²) in [6, 6.07) is 7.05. The van der Waals surface area contributed by atoms with Gasteiger partial charge in [-0.05, 0) is 44.4 Å². The van der Waals surface area contributed by atoms with Crippen LogP contribution in [0.4, 0.5) is 0 Å². The van der Waals surface area contributed by atoms with Crippen LogP contribution in [0.25, 0.3) is 0 Å². The highest BCUT2D eigenvalue weighted by molar-refractivity contribution is 7.98. The van der Waals surface area contributed by atoms with E-state index in [9.17, 15) is 9.59 Å². The molecule has 0 fully saturated rings. The molecule has 1 aromatic heterocycles. The summed E-state index contributed by atoms with van der Waals surface area (Å²) in [5, 5.41) is 0. The molecule has 1 aromatic carbocycles. The maximum absolute atomic E-state index is 12.5. The highest BCUT2D eigenvalue weighted by Crippen LogP contribution is 2.26. The molecule has 0 bridgehead atoms. The Bertz CT molecular complexity index is 828. The average Bonchev–Trinajstić information content (AvgIpc) is 2.97. The fourth-order valence-corrected chi connectivity index (χ4v) is 3.29. The van der Waals surface area contributed by atoms with Crippen molar-refractivity contribution in [1.82, 2.24) is 4.57 Å². The van der Waals surface area contributed by atoms with E-state index in [2.05, 4.69) is 0 Å². The summed E-state index contributed by atoms with van der Waals surface area (Å²) in [6.45, 7) is 4.72. The smallest absolute Gasteiger partial charge is 0.342 e. The summed E-state index contributed by atoms with van der Waals surface area (Å²) in [5.41, 5.74) is 2.66. The molecule has 0 N–H and O–H groups in total. The Labute approximate surface area is 163 Å². The summed E-state index contributed by atoms with van der Waals surface area (Å²) in [4.78, 5) is 25.9. The summed E-state index contributed by atoms with van der Waals surface area (Å²) < 4.78 is 17.6. The molecule has 7 heteroatoms. The number of rotatable bonds is 9. The molecule has 27 heavy (non-hydrogen) atoms. The van der Waals surface area contributed by atoms with E-state index in [4.69, 9.17) is 14.2 Å². The Hall–Kier alpha value is -2.25. The number of benzene rings is 1. The van der Waals surface area contributed by atoms with E-state index in [1.165, 1.54) is 7.11 Å². The lowest BCUT2D eigenvalue weighted by molar-refractivity contribution is 0.0471. The molecule has 0 saturated heterocycles. The van der Waals surface area contributed by atoms with E-state index >= 15 is 0 Å². The second-order valence-electron chi connectivity index (χ2n) is 5.99. The minimum atomic E-state index is -0.582. The van der Waals surface area contributed by atoms with Crippen LogP contribution in [0.15, 0.2) is 29.2 Å². The Morgan fingerprint density at radius 1 is 1.11 bits per heavy atom. The van der Waals surface area contributed by atoms with Crippen LogP contribution < -0.4 is 4.74 Å². The summed E-state index contributed by atoms with van der Waals surface area (Å²) in [6.07, 6.45) is 1.94. The third kappa shape index (κ3) is 4.93. The van der Waals surface area contributed by atoms with Crippen molar-refractivity contribution in [2.75, 3.05) is 33.7 Å². The van der Waals surface area contributed by atoms with Gasteiger partial charge in [-0.3, -0.25) is 4.79 Å². The molecule has 0 amide bonds. The first-order valence-corrected chi connectivity index (χ1v) is 9.73. The van der Waals surface area contributed by atoms with Gasteiger partial charge in [-0.15, -0.1) is 11.8 Å². The van der Waals surface area contributed by atoms with Gasteiger partial charge >= 0.3 is 5.97 Å². The lowest BCUT2D eigenvalue weighted by Crippen LogP contribution is -2.16. The van der Waals surface area contributed by atoms with Crippen molar-refractivity contribution in [2.24, 2.45) is 0 Å². The molecule has 0 aliphatic rings. The van der Waals surface area contributed by atoms with Gasteiger partial charge in [0.25, 0.3) is 0 Å². The summed E-state index contributed by atoms with van der Waals surface area (Å²) in [5.74, 6) is -0.391. The zero-order valence-electron chi connectivity index (χ0n) is 16.3. The molecule has 146 valence electrons. The molecule has 0 aliphatic heterocycles. The van der Waals surface area contributed by atoms with Crippen LogP contribution in [0.1, 0.15) is 32.1 Å². The van der Waals surface area contributed by atoms with Gasteiger partial charge in [0.1, 0.15) is 11.3 Å². The normalized spacial score (nSPS) is 10.7. The molecule has 1 heterocycles. The number of aryl methyl sites for hydroxylation is 1. The van der Waals surface area contributed by atoms with Gasteiger partial charge in [-0.2, -0.15) is 0 Å². The van der Waals surface area contributed by atoms with E-state index in [0.717, 1.165) is 16.3 Å². The van der Waals surface area contributed by atoms with Gasteiger partial charge in [0.15, 0.2) is 6.61 Å². The standard InChI is InChI=1S/C20H25NO5S/c1-13-10-17(14(2)21(13)8-9-24-3)18(22)12-26-20(23)16-7-6-15(27-5)11-19(16)25-4/h6-7,10-11H,8-9,12H2,1-5H3. The molecule has 0 atom stereocenters. The molecular weight excluding hydrogens is 366 g/mol. The van der Waals surface area contributed by atoms with Crippen molar-refractivity contribution in [1.29, 1.82) is 0 Å². The zero-order chi connectivity index (χ0) is 20.0. The maximum Gasteiger partial charge on any atom is 0.342 e. The molecule has 0 aliphatic carbocycles. The van der Waals surface area contributed by atoms with Crippen LogP contribution in [0, 0.1) is 13.8 Å². The van der Waals surface area contributed by atoms with E-state index in [-0.39, 0.29) is 12.4 Å². The first-order chi connectivity index (χ1) is 12.9. The number of hydrogen-bond donors (Lipinski definition) is 0. The number of aromatic nitrogens is 1. The van der Waals surface area contributed by atoms with Crippen LogP contribution in [-0.4, -0.2) is 50.0 Å². The zero-order valence-corrected chi connectivity index (χ0v) is 17.1. The van der Waals surface area contributed by atoms with E-state index in [1.807, 2.05) is 36.8 Å². The lowest BCUT2D eigenvalue weighted by Gasteiger charge is -2.10. The van der Waals surface area contributed by atoms with Gasteiger partial charge < -0.3 is 18.8 Å². The molecule has 0 unspecified atom stereocenters. The topological polar surface area (TPSA) is 66.8 Å². The molecule has 0 saturated carbocycles. The van der Waals surface area contributed by atoms with E-state index in [1.54, 1.807) is 31.0 Å². The molecule has 6 nitrogen and oxygen atoms in total. The number of carbonyl (C=O) groups excluding carboxylic acids is 2. The Morgan fingerprint density at radius 3 is 2.48 bits per heavy atom. The largest absolute Gasteiger partial charge is 0.496 e. The van der Waals surface area contributed by atoms with Crippen LogP contribution in [0.3, 0.4) is 0 Å². The van der Waals surface area contributed by atoms with Gasteiger partial charge in [0.2, 0.25) is 5.78 Å². The number of thioether (sulfide) groups is 1. The number of ether oxygens (including phenoxy) is 3. The highest BCUT2D eigenvalue weighted by atomic mass is 32.2. The van der Waals surface area contributed by atoms with Crippen molar-refractivity contribution in [3.63, 3.8) is 0 Å². The highest BCUT2D eigenvalue weighted by Gasteiger charge is 2.19. The third-order valence-corrected chi connectivity index (χ3v) is 5.08. The van der Waals surface area contributed by atoms with Gasteiger partial charge in [-0.25, -0.2) is 4.79 Å². The van der Waals surface area contributed by atoms with E-state index < -0.39 is 5.97 Å². The first kappa shape index (κ1) is 21.1. The van der Waals surface area contributed by atoms with Crippen LogP contribution in [0.5, 0.6) is 5.75 Å². The second-order valence-corrected chi connectivity index (χ2v) is 6.87. The van der Waals surface area contributed by atoms with Crippen molar-refractivity contribution in [2.45, 2.75) is 25.3 Å². The fraction of sp³-hybridized carbons (Fsp3) is 0.400. The molecule has 0 spiro atoms. The third-order valence-electron chi connectivity index (χ3n) is 4.36. The van der Waals surface area contributed by atoms with Crippen molar-refractivity contribution >= 4 is 23.5 Å². The predicted octanol–water partition coefficient (Wildman–Crippen LogP) is 3.52. The number of esters is 1. The molecule has 2 rings (SSSR count). The van der Waals surface area contributed by atoms with Crippen LogP contribution in [0.2, 0.25) is 0 Å². The van der Waals surface area contributed by atoms with Gasteiger partial charge in [-0.1, -0.05) is 0 Å². The number of methoxy groups -OCH3 is 2. The number of ketones is 1. The maximum atomic E-state index is 12.5. The number of carbonyl (C=O) groups is 2. The average molecular weight is 391 g/mol. The van der Waals surface area contributed by atoms with Crippen LogP contribution >= 0.6 is 11.8 Å². The van der Waals surface area contributed by atoms with Crippen molar-refractivity contribution in [3.8, 4) is 5.75 Å². The molecule has 0 radical (unpaired) electrons. The quantitative estimate of drug-likeness (QED) is 0.370. The fourth-order valence-electron chi connectivity index (χ4n) is 2.86. The molecular formula is C20H25NO5S. The summed E-state index contributed by atoms with van der Waals surface area (Å²) in [7, 11) is 3.13. The monoisotopic (exact) mass is 391 g/mol. The number of nitrogens with zero attached hydrogens (tertiary/aromatic N) is 1. The number of hydrogen-bond acceptors (Lipinski definition) is 6. The Morgan fingerprint density at radius 2 is 1.85 bits per heavy atom. The van der Waals surface area contributed by atoms with Crippen LogP contribution in [-0.2, 0) is 16.0 Å². The molecule has 2 aromatic rings. The SMILES string of the molecule is COCCn1c(C)cc(C(=O)COC(=O)c2ccc(SC)cc2OC)c1C. The van der Waals surface area contributed by atoms with Crippen molar-refractivity contribution < 1.29 is 23.8 Å².